The first-order chi connectivity index (χ1) is 13.7. The van der Waals surface area contributed by atoms with Gasteiger partial charge in [0.1, 0.15) is 11.4 Å². The summed E-state index contributed by atoms with van der Waals surface area (Å²) in [7, 11) is 1.32. The molecular weight excluding hydrogens is 372 g/mol. The number of hydrogen-bond acceptors (Lipinski definition) is 6. The topological polar surface area (TPSA) is 99.7 Å². The maximum absolute atomic E-state index is 12.5. The molecule has 1 amide bonds. The molecule has 8 heteroatoms. The average molecular weight is 400 g/mol. The fourth-order valence-electron chi connectivity index (χ4n) is 3.56. The lowest BCUT2D eigenvalue weighted by Gasteiger charge is -2.34. The molecule has 156 valence electrons. The normalized spacial score (nSPS) is 17.1. The van der Waals surface area contributed by atoms with Crippen molar-refractivity contribution in [3.05, 3.63) is 41.6 Å². The van der Waals surface area contributed by atoms with Crippen molar-refractivity contribution in [1.29, 1.82) is 0 Å². The number of anilines is 1. The molecule has 1 aliphatic heterocycles. The van der Waals surface area contributed by atoms with Gasteiger partial charge in [-0.25, -0.2) is 14.3 Å². The van der Waals surface area contributed by atoms with E-state index in [1.807, 2.05) is 51.1 Å². The number of ether oxygens (including phenoxy) is 2. The van der Waals surface area contributed by atoms with E-state index in [1.165, 1.54) is 7.11 Å². The Labute approximate surface area is 170 Å². The number of rotatable bonds is 3. The van der Waals surface area contributed by atoms with Crippen LogP contribution in [-0.2, 0) is 9.47 Å². The van der Waals surface area contributed by atoms with Gasteiger partial charge in [-0.3, -0.25) is 0 Å². The van der Waals surface area contributed by atoms with Gasteiger partial charge in [-0.1, -0.05) is 18.2 Å². The number of nitrogen functional groups attached to an aromatic ring is 1. The number of hydrogen-bond donors (Lipinski definition) is 1. The third-order valence-corrected chi connectivity index (χ3v) is 4.82. The predicted octanol–water partition coefficient (Wildman–Crippen LogP) is 3.36. The van der Waals surface area contributed by atoms with E-state index in [1.54, 1.807) is 9.58 Å². The average Bonchev–Trinajstić information content (AvgIpc) is 3.04. The third-order valence-electron chi connectivity index (χ3n) is 4.82. The number of methoxy groups -OCH3 is 1. The van der Waals surface area contributed by atoms with Gasteiger partial charge in [-0.2, -0.15) is 5.10 Å². The molecule has 1 aromatic carbocycles. The van der Waals surface area contributed by atoms with Crippen LogP contribution in [0.5, 0.6) is 0 Å². The van der Waals surface area contributed by atoms with E-state index in [0.717, 1.165) is 18.5 Å². The van der Waals surface area contributed by atoms with E-state index in [9.17, 15) is 9.59 Å². The van der Waals surface area contributed by atoms with Crippen LogP contribution in [0.3, 0.4) is 0 Å². The van der Waals surface area contributed by atoms with Crippen molar-refractivity contribution in [2.45, 2.75) is 45.1 Å². The van der Waals surface area contributed by atoms with Gasteiger partial charge in [-0.05, 0) is 45.7 Å². The van der Waals surface area contributed by atoms with Crippen LogP contribution in [0.1, 0.15) is 55.6 Å². The molecule has 2 N–H and O–H groups in total. The van der Waals surface area contributed by atoms with Crippen LogP contribution in [0.2, 0.25) is 0 Å². The highest BCUT2D eigenvalue weighted by Gasteiger charge is 2.34. The maximum Gasteiger partial charge on any atom is 0.410 e. The Morgan fingerprint density at radius 2 is 1.90 bits per heavy atom. The summed E-state index contributed by atoms with van der Waals surface area (Å²) >= 11 is 0. The van der Waals surface area contributed by atoms with Crippen LogP contribution in [0.15, 0.2) is 30.3 Å². The molecule has 29 heavy (non-hydrogen) atoms. The zero-order valence-corrected chi connectivity index (χ0v) is 17.3. The first-order valence-electron chi connectivity index (χ1n) is 9.71. The maximum atomic E-state index is 12.5. The summed E-state index contributed by atoms with van der Waals surface area (Å²) in [5, 5.41) is 4.44. The highest BCUT2D eigenvalue weighted by Crippen LogP contribution is 2.35. The lowest BCUT2D eigenvalue weighted by atomic mass is 9.90. The number of benzene rings is 1. The minimum absolute atomic E-state index is 0.136. The SMILES string of the molecule is COC(=O)c1nn(-c2ccccc2)c(N)c1C1CCCN(C(=O)OC(C)(C)C)C1. The van der Waals surface area contributed by atoms with Crippen LogP contribution in [0.4, 0.5) is 10.6 Å². The van der Waals surface area contributed by atoms with Crippen molar-refractivity contribution in [1.82, 2.24) is 14.7 Å². The molecule has 1 atom stereocenters. The third kappa shape index (κ3) is 4.52. The van der Waals surface area contributed by atoms with E-state index < -0.39 is 11.6 Å². The van der Waals surface area contributed by atoms with Crippen LogP contribution in [0.25, 0.3) is 5.69 Å². The minimum atomic E-state index is -0.571. The zero-order chi connectivity index (χ0) is 21.2. The molecule has 0 bridgehead atoms. The first-order valence-corrected chi connectivity index (χ1v) is 9.71. The van der Waals surface area contributed by atoms with Crippen LogP contribution in [-0.4, -0.2) is 52.5 Å². The molecule has 1 aromatic heterocycles. The summed E-state index contributed by atoms with van der Waals surface area (Å²) in [6.45, 7) is 6.52. The first kappa shape index (κ1) is 20.7. The summed E-state index contributed by atoms with van der Waals surface area (Å²) in [5.41, 5.74) is 7.43. The number of para-hydroxylation sites is 1. The molecule has 3 rings (SSSR count). The van der Waals surface area contributed by atoms with Crippen molar-refractivity contribution >= 4 is 17.9 Å². The number of likely N-dealkylation sites (tertiary alicyclic amines) is 1. The number of nitrogens with two attached hydrogens (primary N) is 1. The number of piperidine rings is 1. The van der Waals surface area contributed by atoms with Gasteiger partial charge in [-0.15, -0.1) is 0 Å². The van der Waals surface area contributed by atoms with Gasteiger partial charge in [0.25, 0.3) is 0 Å². The van der Waals surface area contributed by atoms with E-state index in [0.29, 0.717) is 24.5 Å². The summed E-state index contributed by atoms with van der Waals surface area (Å²) in [6, 6.07) is 9.37. The Kier molecular flexibility index (Phi) is 5.81. The van der Waals surface area contributed by atoms with E-state index >= 15 is 0 Å². The fourth-order valence-corrected chi connectivity index (χ4v) is 3.56. The molecule has 0 spiro atoms. The van der Waals surface area contributed by atoms with Gasteiger partial charge < -0.3 is 20.1 Å². The van der Waals surface area contributed by atoms with Crippen LogP contribution < -0.4 is 5.73 Å². The molecule has 0 saturated carbocycles. The molecule has 2 heterocycles. The molecule has 1 unspecified atom stereocenters. The van der Waals surface area contributed by atoms with Gasteiger partial charge in [0.15, 0.2) is 5.69 Å². The standard InChI is InChI=1S/C21H28N4O4/c1-21(2,3)29-20(27)24-12-8-9-14(13-24)16-17(19(26)28-4)23-25(18(16)22)15-10-6-5-7-11-15/h5-7,10-11,14H,8-9,12-13,22H2,1-4H3. The van der Waals surface area contributed by atoms with Crippen LogP contribution >= 0.6 is 0 Å². The van der Waals surface area contributed by atoms with E-state index in [2.05, 4.69) is 5.10 Å². The molecule has 8 nitrogen and oxygen atoms in total. The minimum Gasteiger partial charge on any atom is -0.464 e. The molecule has 0 radical (unpaired) electrons. The molecular formula is C21H28N4O4. The lowest BCUT2D eigenvalue weighted by molar-refractivity contribution is 0.0198. The Hall–Kier alpha value is -3.03. The van der Waals surface area contributed by atoms with Gasteiger partial charge in [0.05, 0.1) is 12.8 Å². The number of aromatic nitrogens is 2. The van der Waals surface area contributed by atoms with Crippen molar-refractivity contribution in [2.75, 3.05) is 25.9 Å². The number of nitrogens with zero attached hydrogens (tertiary/aromatic N) is 3. The molecule has 1 aliphatic rings. The Morgan fingerprint density at radius 1 is 1.21 bits per heavy atom. The number of amides is 1. The Morgan fingerprint density at radius 3 is 2.52 bits per heavy atom. The van der Waals surface area contributed by atoms with Gasteiger partial charge >= 0.3 is 12.1 Å². The summed E-state index contributed by atoms with van der Waals surface area (Å²) < 4.78 is 12.0. The summed E-state index contributed by atoms with van der Waals surface area (Å²) in [6.07, 6.45) is 1.20. The second-order valence-electron chi connectivity index (χ2n) is 8.15. The van der Waals surface area contributed by atoms with Gasteiger partial charge in [0, 0.05) is 24.6 Å². The summed E-state index contributed by atoms with van der Waals surface area (Å²) in [4.78, 5) is 26.6. The van der Waals surface area contributed by atoms with Crippen LogP contribution in [0, 0.1) is 0 Å². The Balaban J connectivity index is 1.95. The van der Waals surface area contributed by atoms with Crippen molar-refractivity contribution in [3.8, 4) is 5.69 Å². The quantitative estimate of drug-likeness (QED) is 0.793. The van der Waals surface area contributed by atoms with Gasteiger partial charge in [0.2, 0.25) is 0 Å². The second kappa shape index (κ2) is 8.14. The predicted molar refractivity (Wildman–Crippen MR) is 109 cm³/mol. The highest BCUT2D eigenvalue weighted by atomic mass is 16.6. The fraction of sp³-hybridized carbons (Fsp3) is 0.476. The van der Waals surface area contributed by atoms with Crippen molar-refractivity contribution in [2.24, 2.45) is 0 Å². The monoisotopic (exact) mass is 400 g/mol. The number of carbonyl (C=O) groups excluding carboxylic acids is 2. The second-order valence-corrected chi connectivity index (χ2v) is 8.15. The van der Waals surface area contributed by atoms with E-state index in [4.69, 9.17) is 15.2 Å². The smallest absolute Gasteiger partial charge is 0.410 e. The molecule has 1 saturated heterocycles. The number of esters is 1. The number of carbonyl (C=O) groups is 2. The van der Waals surface area contributed by atoms with E-state index in [-0.39, 0.29) is 17.7 Å². The summed E-state index contributed by atoms with van der Waals surface area (Å²) in [5.74, 6) is -0.300. The lowest BCUT2D eigenvalue weighted by Crippen LogP contribution is -2.42. The zero-order valence-electron chi connectivity index (χ0n) is 17.3. The molecule has 0 aliphatic carbocycles. The van der Waals surface area contributed by atoms with Crippen molar-refractivity contribution in [3.63, 3.8) is 0 Å². The van der Waals surface area contributed by atoms with Crippen molar-refractivity contribution < 1.29 is 19.1 Å². The highest BCUT2D eigenvalue weighted by molar-refractivity contribution is 5.91. The molecule has 2 aromatic rings. The Bertz CT molecular complexity index is 886. The molecule has 1 fully saturated rings. The largest absolute Gasteiger partial charge is 0.464 e.